The summed E-state index contributed by atoms with van der Waals surface area (Å²) in [6.07, 6.45) is 5.02. The molecule has 0 aromatic heterocycles. The molecule has 0 radical (unpaired) electrons. The monoisotopic (exact) mass is 239 g/mol. The summed E-state index contributed by atoms with van der Waals surface area (Å²) in [4.78, 5) is 16.6. The number of piperidine rings is 1. The highest BCUT2D eigenvalue weighted by atomic mass is 16.2. The molecule has 4 nitrogen and oxygen atoms in total. The van der Waals surface area contributed by atoms with E-state index in [0.29, 0.717) is 12.6 Å². The van der Waals surface area contributed by atoms with Crippen LogP contribution >= 0.6 is 0 Å². The second-order valence-corrected chi connectivity index (χ2v) is 5.20. The summed E-state index contributed by atoms with van der Waals surface area (Å²) in [7, 11) is 0. The zero-order chi connectivity index (χ0) is 12.1. The van der Waals surface area contributed by atoms with Crippen molar-refractivity contribution in [1.29, 1.82) is 0 Å². The van der Waals surface area contributed by atoms with Crippen molar-refractivity contribution < 1.29 is 4.79 Å². The minimum atomic E-state index is 0.281. The molecular weight excluding hydrogens is 214 g/mol. The van der Waals surface area contributed by atoms with Crippen LogP contribution in [-0.4, -0.2) is 61.0 Å². The maximum absolute atomic E-state index is 12.0. The Morgan fingerprint density at radius 3 is 3.00 bits per heavy atom. The lowest BCUT2D eigenvalue weighted by Gasteiger charge is -2.44. The van der Waals surface area contributed by atoms with Gasteiger partial charge in [0.1, 0.15) is 0 Å². The summed E-state index contributed by atoms with van der Waals surface area (Å²) in [5, 5.41) is 3.20. The maximum atomic E-state index is 12.0. The number of rotatable bonds is 4. The first-order valence-corrected chi connectivity index (χ1v) is 7.04. The van der Waals surface area contributed by atoms with E-state index in [1.165, 1.54) is 25.8 Å². The minimum Gasteiger partial charge on any atom is -0.339 e. The van der Waals surface area contributed by atoms with Crippen LogP contribution in [0.3, 0.4) is 0 Å². The molecule has 0 spiro atoms. The van der Waals surface area contributed by atoms with Gasteiger partial charge in [-0.3, -0.25) is 9.69 Å². The Morgan fingerprint density at radius 2 is 2.18 bits per heavy atom. The van der Waals surface area contributed by atoms with Crippen molar-refractivity contribution in [3.05, 3.63) is 0 Å². The number of amides is 1. The van der Waals surface area contributed by atoms with Gasteiger partial charge < -0.3 is 10.2 Å². The average molecular weight is 239 g/mol. The van der Waals surface area contributed by atoms with Gasteiger partial charge in [0.05, 0.1) is 6.54 Å². The van der Waals surface area contributed by atoms with E-state index < -0.39 is 0 Å². The lowest BCUT2D eigenvalue weighted by Crippen LogP contribution is -2.57. The van der Waals surface area contributed by atoms with E-state index in [2.05, 4.69) is 22.0 Å². The smallest absolute Gasteiger partial charge is 0.236 e. The Balaban J connectivity index is 1.76. The van der Waals surface area contributed by atoms with E-state index in [4.69, 9.17) is 0 Å². The number of nitrogens with one attached hydrogen (secondary N) is 1. The van der Waals surface area contributed by atoms with E-state index in [1.54, 1.807) is 0 Å². The van der Waals surface area contributed by atoms with Crippen molar-refractivity contribution in [2.24, 2.45) is 0 Å². The molecule has 2 aliphatic rings. The van der Waals surface area contributed by atoms with Gasteiger partial charge in [0.15, 0.2) is 0 Å². The van der Waals surface area contributed by atoms with E-state index in [1.807, 2.05) is 0 Å². The van der Waals surface area contributed by atoms with Gasteiger partial charge >= 0.3 is 0 Å². The van der Waals surface area contributed by atoms with Crippen LogP contribution in [0.1, 0.15) is 32.6 Å². The zero-order valence-corrected chi connectivity index (χ0v) is 11.0. The first-order chi connectivity index (χ1) is 8.31. The maximum Gasteiger partial charge on any atom is 0.236 e. The molecule has 0 aliphatic carbocycles. The molecule has 1 unspecified atom stereocenters. The Morgan fingerprint density at radius 1 is 1.29 bits per heavy atom. The quantitative estimate of drug-likeness (QED) is 0.733. The van der Waals surface area contributed by atoms with Gasteiger partial charge in [-0.2, -0.15) is 0 Å². The lowest BCUT2D eigenvalue weighted by atomic mass is 9.99. The summed E-state index contributed by atoms with van der Waals surface area (Å²) < 4.78 is 0. The Hall–Kier alpha value is -0.610. The van der Waals surface area contributed by atoms with Crippen molar-refractivity contribution in [3.8, 4) is 0 Å². The lowest BCUT2D eigenvalue weighted by molar-refractivity contribution is -0.133. The number of piperazine rings is 1. The van der Waals surface area contributed by atoms with E-state index in [9.17, 15) is 4.79 Å². The van der Waals surface area contributed by atoms with E-state index >= 15 is 0 Å². The highest BCUT2D eigenvalue weighted by Gasteiger charge is 2.30. The highest BCUT2D eigenvalue weighted by Crippen LogP contribution is 2.20. The van der Waals surface area contributed by atoms with Crippen LogP contribution in [0.2, 0.25) is 0 Å². The fraction of sp³-hybridized carbons (Fsp3) is 0.923. The van der Waals surface area contributed by atoms with Gasteiger partial charge in [0, 0.05) is 25.7 Å². The van der Waals surface area contributed by atoms with Crippen molar-refractivity contribution >= 4 is 5.91 Å². The molecule has 0 bridgehead atoms. The van der Waals surface area contributed by atoms with Crippen LogP contribution in [0.5, 0.6) is 0 Å². The SMILES string of the molecule is CCCNCC(=O)N1CCN2CCCCC2C1. The zero-order valence-electron chi connectivity index (χ0n) is 11.0. The van der Waals surface area contributed by atoms with Crippen LogP contribution in [0, 0.1) is 0 Å². The van der Waals surface area contributed by atoms with Gasteiger partial charge in [-0.1, -0.05) is 13.3 Å². The van der Waals surface area contributed by atoms with E-state index in [-0.39, 0.29) is 5.91 Å². The van der Waals surface area contributed by atoms with Gasteiger partial charge in [-0.15, -0.1) is 0 Å². The average Bonchev–Trinajstić information content (AvgIpc) is 2.38. The van der Waals surface area contributed by atoms with Crippen LogP contribution in [0.25, 0.3) is 0 Å². The third kappa shape index (κ3) is 3.42. The molecule has 0 saturated carbocycles. The van der Waals surface area contributed by atoms with Gasteiger partial charge in [0.2, 0.25) is 5.91 Å². The van der Waals surface area contributed by atoms with E-state index in [0.717, 1.165) is 32.6 Å². The first-order valence-electron chi connectivity index (χ1n) is 7.04. The van der Waals surface area contributed by atoms with Crippen molar-refractivity contribution in [2.45, 2.75) is 38.6 Å². The third-order valence-electron chi connectivity index (χ3n) is 3.89. The molecule has 4 heteroatoms. The Bertz CT molecular complexity index is 257. The second kappa shape index (κ2) is 6.36. The van der Waals surface area contributed by atoms with Crippen LogP contribution in [-0.2, 0) is 4.79 Å². The molecule has 2 heterocycles. The van der Waals surface area contributed by atoms with Gasteiger partial charge in [-0.05, 0) is 32.4 Å². The number of hydrogen-bond donors (Lipinski definition) is 1. The normalized spacial score (nSPS) is 25.7. The number of hydrogen-bond acceptors (Lipinski definition) is 3. The fourth-order valence-electron chi connectivity index (χ4n) is 2.87. The molecule has 2 rings (SSSR count). The number of carbonyl (C=O) groups excluding carboxylic acids is 1. The van der Waals surface area contributed by atoms with Crippen molar-refractivity contribution in [1.82, 2.24) is 15.1 Å². The topological polar surface area (TPSA) is 35.6 Å². The summed E-state index contributed by atoms with van der Waals surface area (Å²) in [5.41, 5.74) is 0. The van der Waals surface area contributed by atoms with Gasteiger partial charge in [0.25, 0.3) is 0 Å². The molecule has 17 heavy (non-hydrogen) atoms. The number of nitrogens with zero attached hydrogens (tertiary/aromatic N) is 2. The summed E-state index contributed by atoms with van der Waals surface area (Å²) in [6, 6.07) is 0.632. The molecule has 0 aromatic rings. The van der Waals surface area contributed by atoms with Crippen LogP contribution < -0.4 is 5.32 Å². The highest BCUT2D eigenvalue weighted by molar-refractivity contribution is 5.78. The Kier molecular flexibility index (Phi) is 4.80. The molecular formula is C13H25N3O. The molecule has 2 fully saturated rings. The predicted octanol–water partition coefficient (Wildman–Crippen LogP) is 0.683. The molecule has 1 atom stereocenters. The summed E-state index contributed by atoms with van der Waals surface area (Å²) >= 11 is 0. The fourth-order valence-corrected chi connectivity index (χ4v) is 2.87. The van der Waals surface area contributed by atoms with Crippen molar-refractivity contribution in [3.63, 3.8) is 0 Å². The number of carbonyl (C=O) groups is 1. The Labute approximate surface area is 104 Å². The molecule has 2 aliphatic heterocycles. The van der Waals surface area contributed by atoms with Gasteiger partial charge in [-0.25, -0.2) is 0 Å². The first kappa shape index (κ1) is 12.8. The molecule has 98 valence electrons. The van der Waals surface area contributed by atoms with Crippen LogP contribution in [0.15, 0.2) is 0 Å². The number of fused-ring (bicyclic) bond motifs is 1. The molecule has 1 amide bonds. The second-order valence-electron chi connectivity index (χ2n) is 5.20. The summed E-state index contributed by atoms with van der Waals surface area (Å²) in [5.74, 6) is 0.281. The molecule has 2 saturated heterocycles. The molecule has 1 N–H and O–H groups in total. The molecule has 0 aromatic carbocycles. The predicted molar refractivity (Wildman–Crippen MR) is 69.0 cm³/mol. The van der Waals surface area contributed by atoms with Crippen molar-refractivity contribution in [2.75, 3.05) is 39.3 Å². The standard InChI is InChI=1S/C13H25N3O/c1-2-6-14-10-13(17)16-9-8-15-7-4-3-5-12(15)11-16/h12,14H,2-11H2,1H3. The van der Waals surface area contributed by atoms with Crippen LogP contribution in [0.4, 0.5) is 0 Å². The third-order valence-corrected chi connectivity index (χ3v) is 3.89. The largest absolute Gasteiger partial charge is 0.339 e. The minimum absolute atomic E-state index is 0.281. The summed E-state index contributed by atoms with van der Waals surface area (Å²) in [6.45, 7) is 7.76.